The fourth-order valence-electron chi connectivity index (χ4n) is 1.68. The first-order valence-electron chi connectivity index (χ1n) is 5.96. The van der Waals surface area contributed by atoms with Crippen LogP contribution in [0.15, 0.2) is 50.2 Å². The molecule has 2 rings (SSSR count). The van der Waals surface area contributed by atoms with Crippen molar-refractivity contribution in [3.8, 4) is 5.75 Å². The Hall–Kier alpha value is -1.05. The highest BCUT2D eigenvalue weighted by atomic mass is 79.9. The minimum Gasteiger partial charge on any atom is -0.496 e. The summed E-state index contributed by atoms with van der Waals surface area (Å²) in [6.45, 7) is 1.93. The first-order valence-corrected chi connectivity index (χ1v) is 9.03. The first-order chi connectivity index (χ1) is 9.83. The van der Waals surface area contributed by atoms with E-state index in [4.69, 9.17) is 4.74 Å². The summed E-state index contributed by atoms with van der Waals surface area (Å²) in [6.07, 6.45) is 0. The standard InChI is InChI=1S/C14H13Br2NO3S/c1-9-3-4-10(7-12(9)15)17-21(18,19)11-5-6-14(20-2)13(16)8-11/h3-8,17H,1-2H3. The summed E-state index contributed by atoms with van der Waals surface area (Å²) in [4.78, 5) is 0.159. The van der Waals surface area contributed by atoms with Crippen LogP contribution in [-0.2, 0) is 10.0 Å². The van der Waals surface area contributed by atoms with Crippen LogP contribution in [0.4, 0.5) is 5.69 Å². The van der Waals surface area contributed by atoms with Gasteiger partial charge in [0.1, 0.15) is 5.75 Å². The van der Waals surface area contributed by atoms with Gasteiger partial charge in [0.15, 0.2) is 0 Å². The molecule has 0 aromatic heterocycles. The maximum Gasteiger partial charge on any atom is 0.261 e. The van der Waals surface area contributed by atoms with Gasteiger partial charge in [0, 0.05) is 10.2 Å². The molecule has 0 aliphatic rings. The molecule has 0 spiro atoms. The lowest BCUT2D eigenvalue weighted by atomic mass is 10.2. The minimum absolute atomic E-state index is 0.159. The van der Waals surface area contributed by atoms with Gasteiger partial charge in [0.25, 0.3) is 10.0 Å². The zero-order chi connectivity index (χ0) is 15.6. The average Bonchev–Trinajstić information content (AvgIpc) is 2.42. The molecular formula is C14H13Br2NO3S. The number of anilines is 1. The van der Waals surface area contributed by atoms with Gasteiger partial charge in [-0.2, -0.15) is 0 Å². The lowest BCUT2D eigenvalue weighted by molar-refractivity contribution is 0.411. The molecule has 2 aromatic carbocycles. The Bertz CT molecular complexity index is 776. The maximum absolute atomic E-state index is 12.4. The molecule has 0 saturated heterocycles. The number of methoxy groups -OCH3 is 1. The van der Waals surface area contributed by atoms with Crippen molar-refractivity contribution in [3.63, 3.8) is 0 Å². The van der Waals surface area contributed by atoms with Crippen molar-refractivity contribution in [2.24, 2.45) is 0 Å². The van der Waals surface area contributed by atoms with Crippen molar-refractivity contribution in [2.75, 3.05) is 11.8 Å². The number of rotatable bonds is 4. The summed E-state index contributed by atoms with van der Waals surface area (Å²) in [5.74, 6) is 0.576. The van der Waals surface area contributed by atoms with Gasteiger partial charge in [-0.3, -0.25) is 4.72 Å². The Kier molecular flexibility index (Phi) is 4.95. The predicted octanol–water partition coefficient (Wildman–Crippen LogP) is 4.33. The normalized spacial score (nSPS) is 11.2. The van der Waals surface area contributed by atoms with Crippen LogP contribution in [0.1, 0.15) is 5.56 Å². The van der Waals surface area contributed by atoms with Crippen LogP contribution in [0.5, 0.6) is 5.75 Å². The number of nitrogens with one attached hydrogen (secondary N) is 1. The van der Waals surface area contributed by atoms with Gasteiger partial charge in [-0.1, -0.05) is 22.0 Å². The summed E-state index contributed by atoms with van der Waals surface area (Å²) in [5.41, 5.74) is 1.53. The quantitative estimate of drug-likeness (QED) is 0.778. The maximum atomic E-state index is 12.4. The zero-order valence-corrected chi connectivity index (χ0v) is 15.3. The second-order valence-corrected chi connectivity index (χ2v) is 7.76. The molecule has 0 unspecified atom stereocenters. The predicted molar refractivity (Wildman–Crippen MR) is 90.4 cm³/mol. The van der Waals surface area contributed by atoms with Crippen molar-refractivity contribution >= 4 is 47.6 Å². The molecule has 0 amide bonds. The topological polar surface area (TPSA) is 55.4 Å². The average molecular weight is 435 g/mol. The van der Waals surface area contributed by atoms with Crippen molar-refractivity contribution in [1.29, 1.82) is 0 Å². The molecule has 112 valence electrons. The molecule has 0 atom stereocenters. The van der Waals surface area contributed by atoms with Gasteiger partial charge in [0.05, 0.1) is 16.5 Å². The fraction of sp³-hybridized carbons (Fsp3) is 0.143. The number of benzene rings is 2. The number of hydrogen-bond donors (Lipinski definition) is 1. The van der Waals surface area contributed by atoms with Crippen molar-refractivity contribution in [1.82, 2.24) is 0 Å². The van der Waals surface area contributed by atoms with E-state index in [1.54, 1.807) is 18.2 Å². The highest BCUT2D eigenvalue weighted by Gasteiger charge is 2.16. The molecule has 0 aliphatic heterocycles. The Balaban J connectivity index is 2.33. The van der Waals surface area contributed by atoms with Gasteiger partial charge in [-0.15, -0.1) is 0 Å². The van der Waals surface area contributed by atoms with E-state index in [2.05, 4.69) is 36.6 Å². The van der Waals surface area contributed by atoms with Crippen LogP contribution in [0.25, 0.3) is 0 Å². The van der Waals surface area contributed by atoms with E-state index in [9.17, 15) is 8.42 Å². The van der Waals surface area contributed by atoms with E-state index in [-0.39, 0.29) is 4.90 Å². The van der Waals surface area contributed by atoms with E-state index in [0.717, 1.165) is 10.0 Å². The Morgan fingerprint density at radius 2 is 1.76 bits per heavy atom. The summed E-state index contributed by atoms with van der Waals surface area (Å²) >= 11 is 6.66. The molecule has 0 heterocycles. The van der Waals surface area contributed by atoms with Crippen LogP contribution < -0.4 is 9.46 Å². The Morgan fingerprint density at radius 3 is 2.33 bits per heavy atom. The van der Waals surface area contributed by atoms with Crippen LogP contribution >= 0.6 is 31.9 Å². The number of ether oxygens (including phenoxy) is 1. The van der Waals surface area contributed by atoms with E-state index in [1.807, 2.05) is 13.0 Å². The monoisotopic (exact) mass is 433 g/mol. The molecule has 0 aliphatic carbocycles. The summed E-state index contributed by atoms with van der Waals surface area (Å²) in [6, 6.07) is 9.89. The smallest absolute Gasteiger partial charge is 0.261 e. The molecule has 0 fully saturated rings. The van der Waals surface area contributed by atoms with Gasteiger partial charge < -0.3 is 4.74 Å². The highest BCUT2D eigenvalue weighted by Crippen LogP contribution is 2.29. The molecule has 0 saturated carbocycles. The van der Waals surface area contributed by atoms with E-state index in [0.29, 0.717) is 15.9 Å². The first kappa shape index (κ1) is 16.3. The van der Waals surface area contributed by atoms with Gasteiger partial charge in [-0.25, -0.2) is 8.42 Å². The second kappa shape index (κ2) is 6.37. The fourth-order valence-corrected chi connectivity index (χ4v) is 3.83. The summed E-state index contributed by atoms with van der Waals surface area (Å²) in [7, 11) is -2.12. The van der Waals surface area contributed by atoms with Gasteiger partial charge >= 0.3 is 0 Å². The third-order valence-corrected chi connectivity index (χ3v) is 5.71. The SMILES string of the molecule is COc1ccc(S(=O)(=O)Nc2ccc(C)c(Br)c2)cc1Br. The van der Waals surface area contributed by atoms with Crippen molar-refractivity contribution in [3.05, 3.63) is 50.9 Å². The van der Waals surface area contributed by atoms with Crippen LogP contribution in [-0.4, -0.2) is 15.5 Å². The Labute approximate surface area is 140 Å². The second-order valence-electron chi connectivity index (χ2n) is 4.37. The Morgan fingerprint density at radius 1 is 1.05 bits per heavy atom. The number of aryl methyl sites for hydroxylation is 1. The lowest BCUT2D eigenvalue weighted by Gasteiger charge is -2.11. The zero-order valence-electron chi connectivity index (χ0n) is 11.4. The molecule has 2 aromatic rings. The largest absolute Gasteiger partial charge is 0.496 e. The lowest BCUT2D eigenvalue weighted by Crippen LogP contribution is -2.13. The van der Waals surface area contributed by atoms with Crippen LogP contribution in [0.2, 0.25) is 0 Å². The molecule has 0 radical (unpaired) electrons. The summed E-state index contributed by atoms with van der Waals surface area (Å²) < 4.78 is 33.8. The van der Waals surface area contributed by atoms with E-state index < -0.39 is 10.0 Å². The van der Waals surface area contributed by atoms with Crippen molar-refractivity contribution in [2.45, 2.75) is 11.8 Å². The molecule has 7 heteroatoms. The van der Waals surface area contributed by atoms with E-state index in [1.165, 1.54) is 19.2 Å². The molecular weight excluding hydrogens is 422 g/mol. The number of halogens is 2. The third kappa shape index (κ3) is 3.78. The van der Waals surface area contributed by atoms with Crippen molar-refractivity contribution < 1.29 is 13.2 Å². The number of sulfonamides is 1. The summed E-state index contributed by atoms with van der Waals surface area (Å²) in [5, 5.41) is 0. The molecule has 21 heavy (non-hydrogen) atoms. The van der Waals surface area contributed by atoms with Crippen LogP contribution in [0.3, 0.4) is 0 Å². The molecule has 4 nitrogen and oxygen atoms in total. The third-order valence-electron chi connectivity index (χ3n) is 2.86. The minimum atomic E-state index is -3.65. The highest BCUT2D eigenvalue weighted by molar-refractivity contribution is 9.10. The van der Waals surface area contributed by atoms with Crippen LogP contribution in [0, 0.1) is 6.92 Å². The number of hydrogen-bond acceptors (Lipinski definition) is 3. The van der Waals surface area contributed by atoms with Gasteiger partial charge in [0.2, 0.25) is 0 Å². The molecule has 0 bridgehead atoms. The van der Waals surface area contributed by atoms with E-state index >= 15 is 0 Å². The van der Waals surface area contributed by atoms with Gasteiger partial charge in [-0.05, 0) is 58.7 Å². The molecule has 1 N–H and O–H groups in total.